The van der Waals surface area contributed by atoms with Gasteiger partial charge in [0.25, 0.3) is 5.95 Å². The fourth-order valence-corrected chi connectivity index (χ4v) is 4.92. The number of sulfone groups is 1. The Morgan fingerprint density at radius 3 is 2.43 bits per heavy atom. The Morgan fingerprint density at radius 2 is 1.75 bits per heavy atom. The third-order valence-electron chi connectivity index (χ3n) is 4.62. The summed E-state index contributed by atoms with van der Waals surface area (Å²) in [5.41, 5.74) is 2.07. The standard InChI is InChI=1S/C20H21N5O2S/c26-28(27)12-11-17(15-28)22-19-13-21-24-20(23-19)25(18-9-5-2-6-10-18)14-16-7-3-1-4-8-16/h1-10,13,17H,11-12,14-15H2,(H,22,23,24). The molecule has 0 amide bonds. The third-order valence-corrected chi connectivity index (χ3v) is 6.39. The molecule has 144 valence electrons. The molecule has 2 heterocycles. The molecule has 1 unspecified atom stereocenters. The number of nitrogens with zero attached hydrogens (tertiary/aromatic N) is 4. The zero-order valence-corrected chi connectivity index (χ0v) is 16.1. The molecular weight excluding hydrogens is 374 g/mol. The Bertz CT molecular complexity index is 1030. The lowest BCUT2D eigenvalue weighted by atomic mass is 10.2. The number of benzene rings is 2. The van der Waals surface area contributed by atoms with Crippen molar-refractivity contribution in [3.63, 3.8) is 0 Å². The van der Waals surface area contributed by atoms with Gasteiger partial charge in [0.05, 0.1) is 24.2 Å². The van der Waals surface area contributed by atoms with Crippen LogP contribution in [0, 0.1) is 0 Å². The molecule has 8 heteroatoms. The average Bonchev–Trinajstić information content (AvgIpc) is 3.06. The summed E-state index contributed by atoms with van der Waals surface area (Å²) in [6.45, 7) is 0.591. The molecular formula is C20H21N5O2S. The van der Waals surface area contributed by atoms with Gasteiger partial charge in [0.1, 0.15) is 0 Å². The van der Waals surface area contributed by atoms with Gasteiger partial charge >= 0.3 is 0 Å². The van der Waals surface area contributed by atoms with E-state index in [1.54, 1.807) is 0 Å². The van der Waals surface area contributed by atoms with E-state index in [4.69, 9.17) is 0 Å². The van der Waals surface area contributed by atoms with Crippen LogP contribution in [0.2, 0.25) is 0 Å². The van der Waals surface area contributed by atoms with Gasteiger partial charge in [-0.25, -0.2) is 8.42 Å². The second kappa shape index (κ2) is 7.93. The van der Waals surface area contributed by atoms with Gasteiger partial charge in [-0.1, -0.05) is 48.5 Å². The van der Waals surface area contributed by atoms with Crippen LogP contribution < -0.4 is 10.2 Å². The first-order valence-electron chi connectivity index (χ1n) is 9.12. The maximum Gasteiger partial charge on any atom is 0.252 e. The lowest BCUT2D eigenvalue weighted by Crippen LogP contribution is -2.23. The number of para-hydroxylation sites is 1. The number of hydrogen-bond acceptors (Lipinski definition) is 7. The Hall–Kier alpha value is -3.00. The Morgan fingerprint density at radius 1 is 1.04 bits per heavy atom. The lowest BCUT2D eigenvalue weighted by molar-refractivity contribution is 0.602. The van der Waals surface area contributed by atoms with Crippen LogP contribution in [0.3, 0.4) is 0 Å². The predicted octanol–water partition coefficient (Wildman–Crippen LogP) is 2.81. The van der Waals surface area contributed by atoms with Gasteiger partial charge in [0, 0.05) is 11.7 Å². The van der Waals surface area contributed by atoms with Gasteiger partial charge in [0.2, 0.25) is 0 Å². The molecule has 0 spiro atoms. The highest BCUT2D eigenvalue weighted by molar-refractivity contribution is 7.91. The topological polar surface area (TPSA) is 88.1 Å². The van der Waals surface area contributed by atoms with Crippen molar-refractivity contribution in [1.29, 1.82) is 0 Å². The second-order valence-corrected chi connectivity index (χ2v) is 9.02. The summed E-state index contributed by atoms with van der Waals surface area (Å²) in [7, 11) is -2.96. The SMILES string of the molecule is O=S1(=O)CCC(Nc2cnnc(N(Cc3ccccc3)c3ccccc3)n2)C1. The zero-order chi connectivity index (χ0) is 19.4. The van der Waals surface area contributed by atoms with Crippen LogP contribution in [-0.4, -0.2) is 41.1 Å². The molecule has 1 fully saturated rings. The molecule has 2 aromatic carbocycles. The van der Waals surface area contributed by atoms with Crippen molar-refractivity contribution in [2.75, 3.05) is 21.7 Å². The Kier molecular flexibility index (Phi) is 5.21. The van der Waals surface area contributed by atoms with Crippen molar-refractivity contribution in [1.82, 2.24) is 15.2 Å². The molecule has 0 aliphatic carbocycles. The molecule has 1 atom stereocenters. The van der Waals surface area contributed by atoms with Gasteiger partial charge in [-0.3, -0.25) is 0 Å². The molecule has 1 aromatic heterocycles. The monoisotopic (exact) mass is 395 g/mol. The summed E-state index contributed by atoms with van der Waals surface area (Å²) in [5.74, 6) is 1.32. The number of rotatable bonds is 6. The maximum atomic E-state index is 11.7. The second-order valence-electron chi connectivity index (χ2n) is 6.79. The molecule has 1 saturated heterocycles. The van der Waals surface area contributed by atoms with E-state index in [-0.39, 0.29) is 17.5 Å². The smallest absolute Gasteiger partial charge is 0.252 e. The fourth-order valence-electron chi connectivity index (χ4n) is 3.25. The van der Waals surface area contributed by atoms with Crippen LogP contribution in [0.25, 0.3) is 0 Å². The van der Waals surface area contributed by atoms with Crippen LogP contribution in [0.5, 0.6) is 0 Å². The van der Waals surface area contributed by atoms with Crippen LogP contribution in [0.1, 0.15) is 12.0 Å². The molecule has 1 aliphatic rings. The molecule has 7 nitrogen and oxygen atoms in total. The summed E-state index contributed by atoms with van der Waals surface area (Å²) >= 11 is 0. The zero-order valence-electron chi connectivity index (χ0n) is 15.3. The van der Waals surface area contributed by atoms with Crippen molar-refractivity contribution in [2.24, 2.45) is 0 Å². The van der Waals surface area contributed by atoms with E-state index in [2.05, 4.69) is 32.6 Å². The van der Waals surface area contributed by atoms with Crippen molar-refractivity contribution in [2.45, 2.75) is 19.0 Å². The molecule has 0 saturated carbocycles. The number of anilines is 3. The maximum absolute atomic E-state index is 11.7. The average molecular weight is 395 g/mol. The Balaban J connectivity index is 1.61. The number of aromatic nitrogens is 3. The first kappa shape index (κ1) is 18.4. The summed E-state index contributed by atoms with van der Waals surface area (Å²) in [4.78, 5) is 6.59. The largest absolute Gasteiger partial charge is 0.365 e. The minimum absolute atomic E-state index is 0.124. The summed E-state index contributed by atoms with van der Waals surface area (Å²) < 4.78 is 23.4. The van der Waals surface area contributed by atoms with Crippen LogP contribution in [-0.2, 0) is 16.4 Å². The van der Waals surface area contributed by atoms with Crippen molar-refractivity contribution >= 4 is 27.3 Å². The van der Waals surface area contributed by atoms with Crippen molar-refractivity contribution in [3.8, 4) is 0 Å². The molecule has 1 aliphatic heterocycles. The van der Waals surface area contributed by atoms with Crippen molar-refractivity contribution < 1.29 is 8.42 Å². The predicted molar refractivity (Wildman–Crippen MR) is 109 cm³/mol. The van der Waals surface area contributed by atoms with Gasteiger partial charge in [0.15, 0.2) is 15.7 Å². The summed E-state index contributed by atoms with van der Waals surface area (Å²) in [6.07, 6.45) is 2.11. The van der Waals surface area contributed by atoms with E-state index in [1.807, 2.05) is 53.4 Å². The highest BCUT2D eigenvalue weighted by Crippen LogP contribution is 2.25. The number of hydrogen-bond donors (Lipinski definition) is 1. The third kappa shape index (κ3) is 4.45. The molecule has 3 aromatic rings. The minimum Gasteiger partial charge on any atom is -0.365 e. The van der Waals surface area contributed by atoms with E-state index in [0.717, 1.165) is 11.3 Å². The molecule has 1 N–H and O–H groups in total. The van der Waals surface area contributed by atoms with E-state index in [1.165, 1.54) is 6.20 Å². The van der Waals surface area contributed by atoms with E-state index in [0.29, 0.717) is 24.7 Å². The number of nitrogens with one attached hydrogen (secondary N) is 1. The van der Waals surface area contributed by atoms with Gasteiger partial charge in [-0.05, 0) is 24.1 Å². The van der Waals surface area contributed by atoms with E-state index >= 15 is 0 Å². The molecule has 0 bridgehead atoms. The summed E-state index contributed by atoms with van der Waals surface area (Å²) in [5, 5.41) is 11.5. The quantitative estimate of drug-likeness (QED) is 0.686. The van der Waals surface area contributed by atoms with Crippen LogP contribution in [0.4, 0.5) is 17.5 Å². The first-order valence-corrected chi connectivity index (χ1v) is 10.9. The van der Waals surface area contributed by atoms with Gasteiger partial charge in [-0.15, -0.1) is 5.10 Å². The summed E-state index contributed by atoms with van der Waals surface area (Å²) in [6, 6.07) is 19.8. The van der Waals surface area contributed by atoms with Gasteiger partial charge in [-0.2, -0.15) is 10.1 Å². The van der Waals surface area contributed by atoms with E-state index < -0.39 is 9.84 Å². The van der Waals surface area contributed by atoms with Gasteiger partial charge < -0.3 is 10.2 Å². The highest BCUT2D eigenvalue weighted by atomic mass is 32.2. The van der Waals surface area contributed by atoms with Crippen molar-refractivity contribution in [3.05, 3.63) is 72.4 Å². The Labute approximate surface area is 164 Å². The highest BCUT2D eigenvalue weighted by Gasteiger charge is 2.28. The molecule has 4 rings (SSSR count). The van der Waals surface area contributed by atoms with Crippen LogP contribution in [0.15, 0.2) is 66.9 Å². The minimum atomic E-state index is -2.96. The van der Waals surface area contributed by atoms with E-state index in [9.17, 15) is 8.42 Å². The lowest BCUT2D eigenvalue weighted by Gasteiger charge is -2.23. The first-order chi connectivity index (χ1) is 13.6. The normalized spacial score (nSPS) is 17.9. The molecule has 28 heavy (non-hydrogen) atoms. The van der Waals surface area contributed by atoms with Crippen LogP contribution >= 0.6 is 0 Å². The fraction of sp³-hybridized carbons (Fsp3) is 0.250. The molecule has 0 radical (unpaired) electrons.